The normalized spacial score (nSPS) is 15.8. The molecule has 21 heavy (non-hydrogen) atoms. The molecule has 5 nitrogen and oxygen atoms in total. The quantitative estimate of drug-likeness (QED) is 0.813. The van der Waals surface area contributed by atoms with Gasteiger partial charge in [-0.15, -0.1) is 0 Å². The van der Waals surface area contributed by atoms with E-state index < -0.39 is 0 Å². The maximum absolute atomic E-state index is 11.6. The molecular weight excluding hydrogens is 336 g/mol. The molecule has 0 aromatic heterocycles. The minimum absolute atomic E-state index is 0.205. The number of ether oxygens (including phenoxy) is 2. The van der Waals surface area contributed by atoms with Crippen molar-refractivity contribution in [3.05, 3.63) is 28.7 Å². The first-order chi connectivity index (χ1) is 10.2. The van der Waals surface area contributed by atoms with Crippen molar-refractivity contribution in [1.82, 2.24) is 9.80 Å². The van der Waals surface area contributed by atoms with E-state index in [1.807, 2.05) is 31.2 Å². The second kappa shape index (κ2) is 8.24. The number of halogens is 1. The molecular formula is C15H21BrN2O3. The lowest BCUT2D eigenvalue weighted by Gasteiger charge is -2.33. The van der Waals surface area contributed by atoms with Gasteiger partial charge in [0, 0.05) is 37.2 Å². The van der Waals surface area contributed by atoms with E-state index in [1.165, 1.54) is 0 Å². The summed E-state index contributed by atoms with van der Waals surface area (Å²) in [5.41, 5.74) is 0. The van der Waals surface area contributed by atoms with Crippen LogP contribution in [-0.4, -0.2) is 61.8 Å². The largest absolute Gasteiger partial charge is 0.492 e. The molecule has 0 aliphatic carbocycles. The van der Waals surface area contributed by atoms with Gasteiger partial charge in [-0.25, -0.2) is 4.79 Å². The van der Waals surface area contributed by atoms with E-state index in [2.05, 4.69) is 20.8 Å². The van der Waals surface area contributed by atoms with Gasteiger partial charge in [-0.2, -0.15) is 0 Å². The van der Waals surface area contributed by atoms with E-state index in [9.17, 15) is 4.79 Å². The standard InChI is InChI=1S/C15H21BrN2O3/c1-2-20-15(19)18-9-7-17(8-10-18)11-12-21-14-5-3-13(16)4-6-14/h3-6H,2,7-12H2,1H3. The molecule has 0 saturated carbocycles. The Balaban J connectivity index is 1.65. The molecule has 1 aromatic rings. The van der Waals surface area contributed by atoms with Crippen LogP contribution in [0.2, 0.25) is 0 Å². The first kappa shape index (κ1) is 16.1. The van der Waals surface area contributed by atoms with Crippen LogP contribution in [0, 0.1) is 0 Å². The Morgan fingerprint density at radius 3 is 2.48 bits per heavy atom. The molecule has 0 N–H and O–H groups in total. The van der Waals surface area contributed by atoms with E-state index in [-0.39, 0.29) is 6.09 Å². The van der Waals surface area contributed by atoms with Gasteiger partial charge in [-0.1, -0.05) is 15.9 Å². The molecule has 0 spiro atoms. The van der Waals surface area contributed by atoms with E-state index >= 15 is 0 Å². The predicted molar refractivity (Wildman–Crippen MR) is 84.7 cm³/mol. The van der Waals surface area contributed by atoms with Gasteiger partial charge in [0.1, 0.15) is 12.4 Å². The summed E-state index contributed by atoms with van der Waals surface area (Å²) in [6.45, 7) is 6.95. The first-order valence-corrected chi connectivity index (χ1v) is 8.00. The van der Waals surface area contributed by atoms with Gasteiger partial charge in [0.15, 0.2) is 0 Å². The van der Waals surface area contributed by atoms with Crippen molar-refractivity contribution in [3.8, 4) is 5.75 Å². The maximum atomic E-state index is 11.6. The third kappa shape index (κ3) is 5.21. The van der Waals surface area contributed by atoms with Crippen molar-refractivity contribution in [3.63, 3.8) is 0 Å². The molecule has 0 unspecified atom stereocenters. The minimum Gasteiger partial charge on any atom is -0.492 e. The zero-order chi connectivity index (χ0) is 15.1. The lowest BCUT2D eigenvalue weighted by Crippen LogP contribution is -2.49. The van der Waals surface area contributed by atoms with Crippen LogP contribution >= 0.6 is 15.9 Å². The summed E-state index contributed by atoms with van der Waals surface area (Å²) in [5, 5.41) is 0. The maximum Gasteiger partial charge on any atom is 0.409 e. The molecule has 0 atom stereocenters. The van der Waals surface area contributed by atoms with Crippen LogP contribution < -0.4 is 4.74 Å². The van der Waals surface area contributed by atoms with Crippen molar-refractivity contribution in [1.29, 1.82) is 0 Å². The van der Waals surface area contributed by atoms with Crippen LogP contribution in [-0.2, 0) is 4.74 Å². The third-order valence-electron chi connectivity index (χ3n) is 3.39. The summed E-state index contributed by atoms with van der Waals surface area (Å²) in [4.78, 5) is 15.6. The predicted octanol–water partition coefficient (Wildman–Crippen LogP) is 2.60. The van der Waals surface area contributed by atoms with E-state index in [0.717, 1.165) is 42.9 Å². The van der Waals surface area contributed by atoms with Gasteiger partial charge >= 0.3 is 6.09 Å². The van der Waals surface area contributed by atoms with Crippen molar-refractivity contribution in [2.45, 2.75) is 6.92 Å². The monoisotopic (exact) mass is 356 g/mol. The van der Waals surface area contributed by atoms with Crippen LogP contribution in [0.15, 0.2) is 28.7 Å². The second-order valence-electron chi connectivity index (χ2n) is 4.83. The molecule has 1 aromatic carbocycles. The zero-order valence-electron chi connectivity index (χ0n) is 12.3. The average Bonchev–Trinajstić information content (AvgIpc) is 2.50. The smallest absolute Gasteiger partial charge is 0.409 e. The topological polar surface area (TPSA) is 42.0 Å². The van der Waals surface area contributed by atoms with Gasteiger partial charge < -0.3 is 14.4 Å². The minimum atomic E-state index is -0.205. The molecule has 1 heterocycles. The summed E-state index contributed by atoms with van der Waals surface area (Å²) in [6.07, 6.45) is -0.205. The van der Waals surface area contributed by atoms with Crippen molar-refractivity contribution in [2.75, 3.05) is 45.9 Å². The van der Waals surface area contributed by atoms with Gasteiger partial charge in [0.25, 0.3) is 0 Å². The second-order valence-corrected chi connectivity index (χ2v) is 5.75. The van der Waals surface area contributed by atoms with Crippen molar-refractivity contribution < 1.29 is 14.3 Å². The van der Waals surface area contributed by atoms with Crippen molar-refractivity contribution >= 4 is 22.0 Å². The number of benzene rings is 1. The highest BCUT2D eigenvalue weighted by Gasteiger charge is 2.21. The summed E-state index contributed by atoms with van der Waals surface area (Å²) in [7, 11) is 0. The Morgan fingerprint density at radius 2 is 1.86 bits per heavy atom. The summed E-state index contributed by atoms with van der Waals surface area (Å²) >= 11 is 3.40. The first-order valence-electron chi connectivity index (χ1n) is 7.21. The molecule has 0 bridgehead atoms. The Bertz CT molecular complexity index is 445. The van der Waals surface area contributed by atoms with Crippen LogP contribution in [0.4, 0.5) is 4.79 Å². The molecule has 6 heteroatoms. The van der Waals surface area contributed by atoms with Gasteiger partial charge in [-0.05, 0) is 31.2 Å². The van der Waals surface area contributed by atoms with Gasteiger partial charge in [0.05, 0.1) is 6.61 Å². The fourth-order valence-corrected chi connectivity index (χ4v) is 2.46. The summed E-state index contributed by atoms with van der Waals surface area (Å²) in [6, 6.07) is 7.83. The number of hydrogen-bond acceptors (Lipinski definition) is 4. The average molecular weight is 357 g/mol. The fourth-order valence-electron chi connectivity index (χ4n) is 2.19. The van der Waals surface area contributed by atoms with E-state index in [4.69, 9.17) is 9.47 Å². The Morgan fingerprint density at radius 1 is 1.19 bits per heavy atom. The van der Waals surface area contributed by atoms with Crippen LogP contribution in [0.3, 0.4) is 0 Å². The lowest BCUT2D eigenvalue weighted by atomic mass is 10.3. The van der Waals surface area contributed by atoms with Crippen LogP contribution in [0.25, 0.3) is 0 Å². The van der Waals surface area contributed by atoms with E-state index in [0.29, 0.717) is 13.2 Å². The molecule has 1 fully saturated rings. The number of piperazine rings is 1. The van der Waals surface area contributed by atoms with Crippen LogP contribution in [0.1, 0.15) is 6.92 Å². The summed E-state index contributed by atoms with van der Waals surface area (Å²) < 4.78 is 11.8. The molecule has 1 saturated heterocycles. The van der Waals surface area contributed by atoms with Crippen molar-refractivity contribution in [2.24, 2.45) is 0 Å². The van der Waals surface area contributed by atoms with Crippen LogP contribution in [0.5, 0.6) is 5.75 Å². The molecule has 2 rings (SSSR count). The Labute approximate surface area is 133 Å². The molecule has 1 aliphatic rings. The Kier molecular flexibility index (Phi) is 6.32. The molecule has 0 radical (unpaired) electrons. The molecule has 1 amide bonds. The highest BCUT2D eigenvalue weighted by atomic mass is 79.9. The van der Waals surface area contributed by atoms with Gasteiger partial charge in [0.2, 0.25) is 0 Å². The fraction of sp³-hybridized carbons (Fsp3) is 0.533. The molecule has 1 aliphatic heterocycles. The van der Waals surface area contributed by atoms with Gasteiger partial charge in [-0.3, -0.25) is 4.90 Å². The number of carbonyl (C=O) groups is 1. The number of amides is 1. The zero-order valence-corrected chi connectivity index (χ0v) is 13.8. The Hall–Kier alpha value is -1.27. The van der Waals surface area contributed by atoms with E-state index in [1.54, 1.807) is 4.90 Å². The number of hydrogen-bond donors (Lipinski definition) is 0. The highest BCUT2D eigenvalue weighted by Crippen LogP contribution is 2.16. The number of rotatable bonds is 5. The number of carbonyl (C=O) groups excluding carboxylic acids is 1. The highest BCUT2D eigenvalue weighted by molar-refractivity contribution is 9.10. The lowest BCUT2D eigenvalue weighted by molar-refractivity contribution is 0.0757. The third-order valence-corrected chi connectivity index (χ3v) is 3.92. The molecule has 116 valence electrons. The summed E-state index contributed by atoms with van der Waals surface area (Å²) in [5.74, 6) is 0.878. The number of nitrogens with zero attached hydrogens (tertiary/aromatic N) is 2. The SMILES string of the molecule is CCOC(=O)N1CCN(CCOc2ccc(Br)cc2)CC1.